The molecule has 1 aromatic heterocycles. The molecule has 5 nitrogen and oxygen atoms in total. The van der Waals surface area contributed by atoms with E-state index in [0.29, 0.717) is 11.6 Å². The summed E-state index contributed by atoms with van der Waals surface area (Å²) in [6.07, 6.45) is 1.73. The maximum atomic E-state index is 12.2. The molecule has 0 radical (unpaired) electrons. The predicted octanol–water partition coefficient (Wildman–Crippen LogP) is 2.65. The van der Waals surface area contributed by atoms with E-state index in [0.717, 1.165) is 17.9 Å². The molecule has 5 heteroatoms. The minimum absolute atomic E-state index is 0.131. The highest BCUT2D eigenvalue weighted by atomic mass is 16.1. The van der Waals surface area contributed by atoms with Gasteiger partial charge in [0.1, 0.15) is 0 Å². The fraction of sp³-hybridized carbons (Fsp3) is 0.375. The summed E-state index contributed by atoms with van der Waals surface area (Å²) in [6.45, 7) is 6.97. The Bertz CT molecular complexity index is 616. The minimum Gasteiger partial charge on any atom is -0.322 e. The molecule has 21 heavy (non-hydrogen) atoms. The molecule has 1 amide bonds. The highest BCUT2D eigenvalue weighted by molar-refractivity contribution is 6.04. The molecule has 112 valence electrons. The molecule has 1 atom stereocenters. The first-order valence-corrected chi connectivity index (χ1v) is 7.16. The third kappa shape index (κ3) is 3.70. The quantitative estimate of drug-likeness (QED) is 0.888. The summed E-state index contributed by atoms with van der Waals surface area (Å²) in [7, 11) is 1.81. The van der Waals surface area contributed by atoms with Gasteiger partial charge in [0.15, 0.2) is 0 Å². The Balaban J connectivity index is 2.06. The normalized spacial score (nSPS) is 12.2. The van der Waals surface area contributed by atoms with Crippen LogP contribution in [0.3, 0.4) is 0 Å². The Kier molecular flexibility index (Phi) is 4.75. The lowest BCUT2D eigenvalue weighted by atomic mass is 10.1. The van der Waals surface area contributed by atoms with Gasteiger partial charge >= 0.3 is 0 Å². The lowest BCUT2D eigenvalue weighted by Gasteiger charge is -2.13. The Hall–Kier alpha value is -2.14. The van der Waals surface area contributed by atoms with Gasteiger partial charge in [0.2, 0.25) is 0 Å². The van der Waals surface area contributed by atoms with Crippen molar-refractivity contribution in [1.29, 1.82) is 0 Å². The number of anilines is 1. The van der Waals surface area contributed by atoms with Gasteiger partial charge in [-0.3, -0.25) is 9.48 Å². The summed E-state index contributed by atoms with van der Waals surface area (Å²) in [5.74, 6) is -0.131. The number of carbonyl (C=O) groups excluding carboxylic acids is 1. The van der Waals surface area contributed by atoms with Crippen molar-refractivity contribution >= 4 is 11.6 Å². The van der Waals surface area contributed by atoms with Crippen LogP contribution in [-0.2, 0) is 7.05 Å². The van der Waals surface area contributed by atoms with Crippen LogP contribution in [0.5, 0.6) is 0 Å². The van der Waals surface area contributed by atoms with Crippen LogP contribution in [0, 0.1) is 6.92 Å². The smallest absolute Gasteiger partial charge is 0.259 e. The van der Waals surface area contributed by atoms with Crippen molar-refractivity contribution in [3.8, 4) is 0 Å². The summed E-state index contributed by atoms with van der Waals surface area (Å²) in [5, 5.41) is 10.4. The highest BCUT2D eigenvalue weighted by Crippen LogP contribution is 2.17. The molecule has 1 heterocycles. The molecule has 0 saturated heterocycles. The van der Waals surface area contributed by atoms with Gasteiger partial charge in [0.25, 0.3) is 5.91 Å². The van der Waals surface area contributed by atoms with E-state index in [4.69, 9.17) is 0 Å². The van der Waals surface area contributed by atoms with Crippen LogP contribution in [0.2, 0.25) is 0 Å². The summed E-state index contributed by atoms with van der Waals surface area (Å²) in [4.78, 5) is 12.2. The predicted molar refractivity (Wildman–Crippen MR) is 84.4 cm³/mol. The summed E-state index contributed by atoms with van der Waals surface area (Å²) >= 11 is 0. The highest BCUT2D eigenvalue weighted by Gasteiger charge is 2.12. The fourth-order valence-corrected chi connectivity index (χ4v) is 2.30. The zero-order valence-electron chi connectivity index (χ0n) is 13.0. The number of aryl methyl sites for hydroxylation is 2. The number of hydrogen-bond acceptors (Lipinski definition) is 3. The Morgan fingerprint density at radius 1 is 1.33 bits per heavy atom. The maximum absolute atomic E-state index is 12.2. The second-order valence-electron chi connectivity index (χ2n) is 5.16. The van der Waals surface area contributed by atoms with E-state index in [2.05, 4.69) is 29.6 Å². The Morgan fingerprint density at radius 3 is 2.52 bits per heavy atom. The van der Waals surface area contributed by atoms with E-state index in [-0.39, 0.29) is 5.91 Å². The van der Waals surface area contributed by atoms with Gasteiger partial charge in [0, 0.05) is 25.0 Å². The van der Waals surface area contributed by atoms with E-state index in [1.165, 1.54) is 5.56 Å². The van der Waals surface area contributed by atoms with Gasteiger partial charge in [-0.2, -0.15) is 5.10 Å². The largest absolute Gasteiger partial charge is 0.322 e. The monoisotopic (exact) mass is 286 g/mol. The van der Waals surface area contributed by atoms with Crippen LogP contribution in [0.15, 0.2) is 30.5 Å². The molecule has 2 aromatic rings. The zero-order chi connectivity index (χ0) is 15.4. The van der Waals surface area contributed by atoms with Crippen LogP contribution < -0.4 is 10.6 Å². The maximum Gasteiger partial charge on any atom is 0.259 e. The SMILES string of the molecule is CCNC(C)c1ccc(NC(=O)c2cn(C)nc2C)cc1. The first kappa shape index (κ1) is 15.3. The number of hydrogen-bond donors (Lipinski definition) is 2. The summed E-state index contributed by atoms with van der Waals surface area (Å²) in [6, 6.07) is 8.21. The number of nitrogens with one attached hydrogen (secondary N) is 2. The van der Waals surface area contributed by atoms with Crippen LogP contribution in [0.4, 0.5) is 5.69 Å². The molecule has 2 N–H and O–H groups in total. The van der Waals surface area contributed by atoms with Gasteiger partial charge in [-0.25, -0.2) is 0 Å². The van der Waals surface area contributed by atoms with Crippen molar-refractivity contribution in [3.05, 3.63) is 47.3 Å². The number of nitrogens with zero attached hydrogens (tertiary/aromatic N) is 2. The molecular formula is C16H22N4O. The molecular weight excluding hydrogens is 264 g/mol. The van der Waals surface area contributed by atoms with E-state index >= 15 is 0 Å². The second-order valence-corrected chi connectivity index (χ2v) is 5.16. The van der Waals surface area contributed by atoms with Crippen LogP contribution in [0.25, 0.3) is 0 Å². The minimum atomic E-state index is -0.131. The molecule has 0 aliphatic rings. The lowest BCUT2D eigenvalue weighted by molar-refractivity contribution is 0.102. The summed E-state index contributed by atoms with van der Waals surface area (Å²) < 4.78 is 1.64. The van der Waals surface area contributed by atoms with Crippen molar-refractivity contribution < 1.29 is 4.79 Å². The molecule has 2 rings (SSSR count). The standard InChI is InChI=1S/C16H22N4O/c1-5-17-11(2)13-6-8-14(9-7-13)18-16(21)15-10-20(4)19-12(15)3/h6-11,17H,5H2,1-4H3,(H,18,21). The van der Waals surface area contributed by atoms with E-state index < -0.39 is 0 Å². The van der Waals surface area contributed by atoms with Crippen molar-refractivity contribution in [2.45, 2.75) is 26.8 Å². The topological polar surface area (TPSA) is 58.9 Å². The van der Waals surface area contributed by atoms with Crippen LogP contribution in [-0.4, -0.2) is 22.2 Å². The molecule has 0 spiro atoms. The number of amides is 1. The Morgan fingerprint density at radius 2 is 2.00 bits per heavy atom. The van der Waals surface area contributed by atoms with Gasteiger partial charge in [-0.05, 0) is 38.1 Å². The number of rotatable bonds is 5. The van der Waals surface area contributed by atoms with Crippen LogP contribution >= 0.6 is 0 Å². The molecule has 0 aliphatic heterocycles. The second kappa shape index (κ2) is 6.54. The number of aromatic nitrogens is 2. The van der Waals surface area contributed by atoms with E-state index in [1.54, 1.807) is 17.9 Å². The average Bonchev–Trinajstić information content (AvgIpc) is 2.79. The summed E-state index contributed by atoms with van der Waals surface area (Å²) in [5.41, 5.74) is 3.32. The Labute approximate surface area is 125 Å². The van der Waals surface area contributed by atoms with Gasteiger partial charge < -0.3 is 10.6 Å². The van der Waals surface area contributed by atoms with E-state index in [9.17, 15) is 4.79 Å². The van der Waals surface area contributed by atoms with Crippen molar-refractivity contribution in [1.82, 2.24) is 15.1 Å². The molecule has 0 aliphatic carbocycles. The third-order valence-corrected chi connectivity index (χ3v) is 3.44. The number of carbonyl (C=O) groups is 1. The lowest BCUT2D eigenvalue weighted by Crippen LogP contribution is -2.17. The van der Waals surface area contributed by atoms with Crippen molar-refractivity contribution in [3.63, 3.8) is 0 Å². The average molecular weight is 286 g/mol. The third-order valence-electron chi connectivity index (χ3n) is 3.44. The molecule has 1 aromatic carbocycles. The zero-order valence-corrected chi connectivity index (χ0v) is 13.0. The number of benzene rings is 1. The van der Waals surface area contributed by atoms with E-state index in [1.807, 2.05) is 31.2 Å². The molecule has 0 saturated carbocycles. The molecule has 1 unspecified atom stereocenters. The first-order valence-electron chi connectivity index (χ1n) is 7.16. The van der Waals surface area contributed by atoms with Gasteiger partial charge in [-0.1, -0.05) is 19.1 Å². The molecule has 0 fully saturated rings. The van der Waals surface area contributed by atoms with Gasteiger partial charge in [0.05, 0.1) is 11.3 Å². The van der Waals surface area contributed by atoms with Crippen molar-refractivity contribution in [2.75, 3.05) is 11.9 Å². The first-order chi connectivity index (χ1) is 10.0. The van der Waals surface area contributed by atoms with Gasteiger partial charge in [-0.15, -0.1) is 0 Å². The van der Waals surface area contributed by atoms with Crippen molar-refractivity contribution in [2.24, 2.45) is 7.05 Å². The van der Waals surface area contributed by atoms with Crippen LogP contribution in [0.1, 0.15) is 41.5 Å². The fourth-order valence-electron chi connectivity index (χ4n) is 2.30. The molecule has 0 bridgehead atoms.